The molecule has 6 nitrogen and oxygen atoms in total. The van der Waals surface area contributed by atoms with Gasteiger partial charge in [-0.2, -0.15) is 0 Å². The Labute approximate surface area is 113 Å². The summed E-state index contributed by atoms with van der Waals surface area (Å²) in [5, 5.41) is 0. The Balaban J connectivity index is 2.15. The lowest BCUT2D eigenvalue weighted by Gasteiger charge is -2.35. The average molecular weight is 264 g/mol. The molecule has 0 saturated carbocycles. The standard InChI is InChI=1S/C13H20N4O2/c1-9(14)10-4-3-5-17(8-10)12-7-15-6-11(16-12)13(18)19-2/h6-7,9-10H,3-5,8,14H2,1-2H3. The van der Waals surface area contributed by atoms with Crippen molar-refractivity contribution in [2.45, 2.75) is 25.8 Å². The zero-order valence-corrected chi connectivity index (χ0v) is 11.4. The molecule has 104 valence electrons. The van der Waals surface area contributed by atoms with Crippen LogP contribution in [0, 0.1) is 5.92 Å². The molecule has 0 amide bonds. The van der Waals surface area contributed by atoms with Gasteiger partial charge in [0.2, 0.25) is 0 Å². The molecule has 1 fully saturated rings. The Morgan fingerprint density at radius 2 is 2.37 bits per heavy atom. The summed E-state index contributed by atoms with van der Waals surface area (Å²) in [6, 6.07) is 0.166. The van der Waals surface area contributed by atoms with Gasteiger partial charge in [-0.1, -0.05) is 0 Å². The first kappa shape index (κ1) is 13.7. The molecule has 1 aliphatic rings. The van der Waals surface area contributed by atoms with Crippen LogP contribution in [0.25, 0.3) is 0 Å². The van der Waals surface area contributed by atoms with E-state index in [0.29, 0.717) is 11.7 Å². The molecule has 2 N–H and O–H groups in total. The second kappa shape index (κ2) is 5.97. The van der Waals surface area contributed by atoms with Crippen molar-refractivity contribution >= 4 is 11.8 Å². The largest absolute Gasteiger partial charge is 0.464 e. The monoisotopic (exact) mass is 264 g/mol. The predicted octanol–water partition coefficient (Wildman–Crippen LogP) is 0.827. The number of methoxy groups -OCH3 is 1. The Kier molecular flexibility index (Phi) is 4.31. The maximum absolute atomic E-state index is 11.5. The van der Waals surface area contributed by atoms with Gasteiger partial charge in [-0.05, 0) is 25.7 Å². The number of ether oxygens (including phenoxy) is 1. The van der Waals surface area contributed by atoms with Gasteiger partial charge in [-0.15, -0.1) is 0 Å². The molecule has 2 atom stereocenters. The van der Waals surface area contributed by atoms with Crippen LogP contribution >= 0.6 is 0 Å². The summed E-state index contributed by atoms with van der Waals surface area (Å²) in [5.74, 6) is 0.709. The van der Waals surface area contributed by atoms with Crippen LogP contribution in [0.4, 0.5) is 5.82 Å². The number of anilines is 1. The summed E-state index contributed by atoms with van der Waals surface area (Å²) in [4.78, 5) is 22.0. The fourth-order valence-corrected chi connectivity index (χ4v) is 2.36. The van der Waals surface area contributed by atoms with E-state index < -0.39 is 5.97 Å². The highest BCUT2D eigenvalue weighted by Crippen LogP contribution is 2.22. The van der Waals surface area contributed by atoms with Crippen molar-refractivity contribution in [3.8, 4) is 0 Å². The molecular formula is C13H20N4O2. The third kappa shape index (κ3) is 3.20. The van der Waals surface area contributed by atoms with Gasteiger partial charge >= 0.3 is 5.97 Å². The van der Waals surface area contributed by atoms with Crippen LogP contribution < -0.4 is 10.6 Å². The first-order valence-corrected chi connectivity index (χ1v) is 6.52. The number of aromatic nitrogens is 2. The molecule has 1 saturated heterocycles. The highest BCUT2D eigenvalue weighted by Gasteiger charge is 2.24. The van der Waals surface area contributed by atoms with E-state index in [9.17, 15) is 4.79 Å². The maximum Gasteiger partial charge on any atom is 0.358 e. The number of piperidine rings is 1. The molecule has 0 aliphatic carbocycles. The number of esters is 1. The van der Waals surface area contributed by atoms with Crippen molar-refractivity contribution < 1.29 is 9.53 Å². The number of carbonyl (C=O) groups excluding carboxylic acids is 1. The number of carbonyl (C=O) groups is 1. The van der Waals surface area contributed by atoms with Gasteiger partial charge in [0.25, 0.3) is 0 Å². The molecule has 1 aromatic heterocycles. The Morgan fingerprint density at radius 1 is 1.58 bits per heavy atom. The lowest BCUT2D eigenvalue weighted by Crippen LogP contribution is -2.42. The van der Waals surface area contributed by atoms with Crippen LogP contribution in [-0.4, -0.2) is 42.2 Å². The Hall–Kier alpha value is -1.69. The maximum atomic E-state index is 11.5. The van der Waals surface area contributed by atoms with E-state index in [1.54, 1.807) is 6.20 Å². The zero-order valence-electron chi connectivity index (χ0n) is 11.4. The summed E-state index contributed by atoms with van der Waals surface area (Å²) < 4.78 is 4.66. The van der Waals surface area contributed by atoms with Crippen LogP contribution in [0.1, 0.15) is 30.3 Å². The first-order chi connectivity index (χ1) is 9.11. The SMILES string of the molecule is COC(=O)c1cncc(N2CCCC(C(C)N)C2)n1. The quantitative estimate of drug-likeness (QED) is 0.814. The smallest absolute Gasteiger partial charge is 0.358 e. The van der Waals surface area contributed by atoms with Crippen LogP contribution in [0.2, 0.25) is 0 Å². The van der Waals surface area contributed by atoms with Crippen molar-refractivity contribution in [3.63, 3.8) is 0 Å². The molecule has 19 heavy (non-hydrogen) atoms. The fourth-order valence-electron chi connectivity index (χ4n) is 2.36. The summed E-state index contributed by atoms with van der Waals surface area (Å²) >= 11 is 0. The van der Waals surface area contributed by atoms with Crippen molar-refractivity contribution in [1.82, 2.24) is 9.97 Å². The molecule has 1 aromatic rings. The zero-order chi connectivity index (χ0) is 13.8. The van der Waals surface area contributed by atoms with E-state index in [-0.39, 0.29) is 11.7 Å². The van der Waals surface area contributed by atoms with Crippen LogP contribution in [0.5, 0.6) is 0 Å². The highest BCUT2D eigenvalue weighted by molar-refractivity contribution is 5.87. The van der Waals surface area contributed by atoms with Gasteiger partial charge in [-0.25, -0.2) is 9.78 Å². The number of hydrogen-bond acceptors (Lipinski definition) is 6. The summed E-state index contributed by atoms with van der Waals surface area (Å²) in [6.07, 6.45) is 5.31. The van der Waals surface area contributed by atoms with E-state index in [0.717, 1.165) is 25.9 Å². The van der Waals surface area contributed by atoms with Crippen LogP contribution in [0.3, 0.4) is 0 Å². The molecule has 0 radical (unpaired) electrons. The van der Waals surface area contributed by atoms with E-state index in [1.165, 1.54) is 13.3 Å². The van der Waals surface area contributed by atoms with Crippen molar-refractivity contribution in [2.24, 2.45) is 11.7 Å². The Bertz CT molecular complexity index is 450. The molecule has 0 bridgehead atoms. The average Bonchev–Trinajstić information content (AvgIpc) is 2.46. The molecular weight excluding hydrogens is 244 g/mol. The molecule has 0 spiro atoms. The lowest BCUT2D eigenvalue weighted by molar-refractivity contribution is 0.0593. The number of nitrogens with zero attached hydrogens (tertiary/aromatic N) is 3. The number of nitrogens with two attached hydrogens (primary N) is 1. The second-order valence-electron chi connectivity index (χ2n) is 4.96. The number of hydrogen-bond donors (Lipinski definition) is 1. The van der Waals surface area contributed by atoms with Gasteiger partial charge in [0, 0.05) is 19.1 Å². The third-order valence-corrected chi connectivity index (χ3v) is 3.54. The highest BCUT2D eigenvalue weighted by atomic mass is 16.5. The fraction of sp³-hybridized carbons (Fsp3) is 0.615. The summed E-state index contributed by atoms with van der Waals surface area (Å²) in [7, 11) is 1.34. The van der Waals surface area contributed by atoms with Crippen molar-refractivity contribution in [3.05, 3.63) is 18.1 Å². The summed E-state index contributed by atoms with van der Waals surface area (Å²) in [6.45, 7) is 3.81. The Morgan fingerprint density at radius 3 is 3.05 bits per heavy atom. The molecule has 2 unspecified atom stereocenters. The molecule has 2 heterocycles. The molecule has 6 heteroatoms. The van der Waals surface area contributed by atoms with Crippen LogP contribution in [-0.2, 0) is 4.74 Å². The number of rotatable bonds is 3. The molecule has 0 aromatic carbocycles. The second-order valence-corrected chi connectivity index (χ2v) is 4.96. The van der Waals surface area contributed by atoms with E-state index in [4.69, 9.17) is 5.73 Å². The molecule has 1 aliphatic heterocycles. The minimum Gasteiger partial charge on any atom is -0.464 e. The van der Waals surface area contributed by atoms with Crippen molar-refractivity contribution in [1.29, 1.82) is 0 Å². The van der Waals surface area contributed by atoms with Gasteiger partial charge in [0.15, 0.2) is 5.69 Å². The van der Waals surface area contributed by atoms with Crippen molar-refractivity contribution in [2.75, 3.05) is 25.1 Å². The third-order valence-electron chi connectivity index (χ3n) is 3.54. The minimum atomic E-state index is -0.463. The minimum absolute atomic E-state index is 0.166. The lowest BCUT2D eigenvalue weighted by atomic mass is 9.92. The van der Waals surface area contributed by atoms with Gasteiger partial charge in [-0.3, -0.25) is 4.98 Å². The predicted molar refractivity (Wildman–Crippen MR) is 72.0 cm³/mol. The first-order valence-electron chi connectivity index (χ1n) is 6.52. The van der Waals surface area contributed by atoms with Gasteiger partial charge in [0.05, 0.1) is 19.5 Å². The van der Waals surface area contributed by atoms with E-state index in [1.807, 2.05) is 6.92 Å². The van der Waals surface area contributed by atoms with Gasteiger partial charge < -0.3 is 15.4 Å². The topological polar surface area (TPSA) is 81.3 Å². The van der Waals surface area contributed by atoms with E-state index >= 15 is 0 Å². The van der Waals surface area contributed by atoms with E-state index in [2.05, 4.69) is 19.6 Å². The summed E-state index contributed by atoms with van der Waals surface area (Å²) in [5.41, 5.74) is 6.21. The molecule has 2 rings (SSSR count). The normalized spacial score (nSPS) is 21.0. The van der Waals surface area contributed by atoms with Gasteiger partial charge in [0.1, 0.15) is 5.82 Å². The van der Waals surface area contributed by atoms with Crippen LogP contribution in [0.15, 0.2) is 12.4 Å².